The van der Waals surface area contributed by atoms with E-state index < -0.39 is 5.97 Å². The first-order chi connectivity index (χ1) is 12.5. The molecule has 1 aromatic heterocycles. The normalized spacial score (nSPS) is 10.0. The van der Waals surface area contributed by atoms with Crippen molar-refractivity contribution in [3.05, 3.63) is 101 Å². The molecule has 4 rings (SSSR count). The molecule has 0 aliphatic carbocycles. The summed E-state index contributed by atoms with van der Waals surface area (Å²) in [5.41, 5.74) is 2.43. The maximum absolute atomic E-state index is 12.1. The Morgan fingerprint density at radius 2 is 1.37 bits per heavy atom. The quantitative estimate of drug-likeness (QED) is 0.448. The summed E-state index contributed by atoms with van der Waals surface area (Å²) in [7, 11) is 0. The van der Waals surface area contributed by atoms with Crippen molar-refractivity contribution in [2.45, 2.75) is 13.8 Å². The molecular formula is C23H18O3S. The number of fused-ring (bicyclic) bond motifs is 2. The van der Waals surface area contributed by atoms with Gasteiger partial charge in [-0.15, -0.1) is 11.3 Å². The zero-order valence-electron chi connectivity index (χ0n) is 15.0. The minimum atomic E-state index is -0.859. The van der Waals surface area contributed by atoms with Crippen molar-refractivity contribution in [2.24, 2.45) is 0 Å². The second-order valence-electron chi connectivity index (χ2n) is 6.05. The second kappa shape index (κ2) is 8.60. The summed E-state index contributed by atoms with van der Waals surface area (Å²) in [4.78, 5) is 22.6. The topological polar surface area (TPSA) is 54.4 Å². The lowest BCUT2D eigenvalue weighted by Crippen LogP contribution is -1.99. The first-order valence-electron chi connectivity index (χ1n) is 8.18. The van der Waals surface area contributed by atoms with Gasteiger partial charge in [-0.25, -0.2) is 4.79 Å². The van der Waals surface area contributed by atoms with Gasteiger partial charge in [0.15, 0.2) is 5.43 Å². The monoisotopic (exact) mass is 374 g/mol. The van der Waals surface area contributed by atoms with Gasteiger partial charge in [0.25, 0.3) is 0 Å². The molecule has 0 saturated heterocycles. The maximum atomic E-state index is 12.1. The number of aromatic carboxylic acids is 1. The van der Waals surface area contributed by atoms with Gasteiger partial charge in [-0.05, 0) is 49.7 Å². The zero-order valence-corrected chi connectivity index (χ0v) is 15.8. The Morgan fingerprint density at radius 3 is 1.85 bits per heavy atom. The molecule has 0 spiro atoms. The zero-order chi connectivity index (χ0) is 18.7. The molecule has 1 N–H and O–H groups in total. The number of carboxylic acids is 1. The molecule has 0 bridgehead atoms. The Labute approximate surface area is 162 Å². The van der Waals surface area contributed by atoms with E-state index in [1.807, 2.05) is 61.5 Å². The number of benzene rings is 3. The summed E-state index contributed by atoms with van der Waals surface area (Å²) in [6.45, 7) is 3.75. The summed E-state index contributed by atoms with van der Waals surface area (Å²) >= 11 is 1.67. The Hall–Kier alpha value is -2.98. The van der Waals surface area contributed by atoms with Crippen molar-refractivity contribution < 1.29 is 9.90 Å². The molecule has 1 heterocycles. The van der Waals surface area contributed by atoms with Crippen LogP contribution >= 0.6 is 11.3 Å². The molecule has 0 aliphatic heterocycles. The predicted molar refractivity (Wildman–Crippen MR) is 112 cm³/mol. The van der Waals surface area contributed by atoms with Gasteiger partial charge in [0, 0.05) is 27.6 Å². The highest BCUT2D eigenvalue weighted by molar-refractivity contribution is 7.24. The van der Waals surface area contributed by atoms with Crippen LogP contribution in [-0.2, 0) is 0 Å². The Kier molecular flexibility index (Phi) is 6.48. The van der Waals surface area contributed by atoms with Crippen molar-refractivity contribution in [3.8, 4) is 0 Å². The first kappa shape index (κ1) is 20.3. The number of hydrogen-bond acceptors (Lipinski definition) is 3. The molecule has 4 radical (unpaired) electrons. The number of rotatable bonds is 1. The molecule has 4 aromatic rings. The van der Waals surface area contributed by atoms with Gasteiger partial charge in [0.05, 0.1) is 5.56 Å². The van der Waals surface area contributed by atoms with E-state index in [1.54, 1.807) is 30.4 Å². The van der Waals surface area contributed by atoms with Crippen molar-refractivity contribution in [2.75, 3.05) is 0 Å². The van der Waals surface area contributed by atoms with E-state index >= 15 is 0 Å². The minimum Gasteiger partial charge on any atom is -0.478 e. The Balaban J connectivity index is 0.000000196. The van der Waals surface area contributed by atoms with Crippen LogP contribution in [0.25, 0.3) is 20.2 Å². The lowest BCUT2D eigenvalue weighted by molar-refractivity contribution is 0.0696. The molecule has 0 aliphatic rings. The fraction of sp³-hybridized carbons (Fsp3) is 0.0870. The average Bonchev–Trinajstić information content (AvgIpc) is 2.62. The van der Waals surface area contributed by atoms with Gasteiger partial charge in [-0.2, -0.15) is 0 Å². The van der Waals surface area contributed by atoms with Gasteiger partial charge in [0.2, 0.25) is 0 Å². The molecule has 0 fully saturated rings. The summed E-state index contributed by atoms with van der Waals surface area (Å²) in [6, 6.07) is 20.8. The van der Waals surface area contributed by atoms with Gasteiger partial charge in [0.1, 0.15) is 0 Å². The molecule has 4 heteroatoms. The highest BCUT2D eigenvalue weighted by Crippen LogP contribution is 2.23. The molecule has 0 unspecified atom stereocenters. The summed E-state index contributed by atoms with van der Waals surface area (Å²) in [6.07, 6.45) is 0. The van der Waals surface area contributed by atoms with Crippen LogP contribution in [0.15, 0.2) is 71.5 Å². The number of aryl methyl sites for hydroxylation is 2. The van der Waals surface area contributed by atoms with Crippen LogP contribution in [0.3, 0.4) is 0 Å². The lowest BCUT2D eigenvalue weighted by atomic mass is 10.1. The third-order valence-electron chi connectivity index (χ3n) is 4.10. The van der Waals surface area contributed by atoms with Crippen LogP contribution in [0.4, 0.5) is 0 Å². The Morgan fingerprint density at radius 1 is 0.852 bits per heavy atom. The van der Waals surface area contributed by atoms with Crippen LogP contribution in [0.2, 0.25) is 0 Å². The van der Waals surface area contributed by atoms with E-state index in [1.165, 1.54) is 0 Å². The molecule has 3 aromatic carbocycles. The van der Waals surface area contributed by atoms with Gasteiger partial charge >= 0.3 is 5.97 Å². The van der Waals surface area contributed by atoms with E-state index in [9.17, 15) is 9.59 Å². The largest absolute Gasteiger partial charge is 0.478 e. The van der Waals surface area contributed by atoms with E-state index in [2.05, 4.69) is 0 Å². The number of hydrogen-bond donors (Lipinski definition) is 1. The van der Waals surface area contributed by atoms with Crippen LogP contribution < -0.4 is 5.43 Å². The lowest BCUT2D eigenvalue weighted by Gasteiger charge is -2.00. The van der Waals surface area contributed by atoms with Gasteiger partial charge < -0.3 is 5.11 Å². The molecule has 0 atom stereocenters. The second-order valence-corrected chi connectivity index (χ2v) is 7.13. The van der Waals surface area contributed by atoms with Gasteiger partial charge in [-0.1, -0.05) is 42.0 Å². The first-order valence-corrected chi connectivity index (χ1v) is 9.00. The van der Waals surface area contributed by atoms with Crippen molar-refractivity contribution >= 4 is 37.5 Å². The molecule has 0 saturated carbocycles. The molecule has 27 heavy (non-hydrogen) atoms. The maximum Gasteiger partial charge on any atom is 0.335 e. The fourth-order valence-electron chi connectivity index (χ4n) is 2.80. The van der Waals surface area contributed by atoms with Crippen molar-refractivity contribution in [1.82, 2.24) is 0 Å². The average molecular weight is 374 g/mol. The smallest absolute Gasteiger partial charge is 0.335 e. The minimum absolute atomic E-state index is 0. The predicted octanol–water partition coefficient (Wildman–Crippen LogP) is 5.50. The molecular weight excluding hydrogens is 356 g/mol. The standard InChI is InChI=1S/C13H8OS.C9H10O2.C/c14-13-9-5-1-3-7-11(9)15-12-8-4-2-6-10(12)13;1-6-3-4-8(9(10)11)7(2)5-6;/h1-8H;3-5H,1-2H3,(H,10,11);. The van der Waals surface area contributed by atoms with Crippen LogP contribution in [0, 0.1) is 21.3 Å². The van der Waals surface area contributed by atoms with Crippen LogP contribution in [-0.4, -0.2) is 11.1 Å². The van der Waals surface area contributed by atoms with E-state index in [-0.39, 0.29) is 12.9 Å². The third-order valence-corrected chi connectivity index (χ3v) is 5.25. The summed E-state index contributed by atoms with van der Waals surface area (Å²) in [5.74, 6) is -0.859. The van der Waals surface area contributed by atoms with Crippen molar-refractivity contribution in [3.63, 3.8) is 0 Å². The van der Waals surface area contributed by atoms with E-state index in [0.29, 0.717) is 5.56 Å². The highest BCUT2D eigenvalue weighted by Gasteiger charge is 2.05. The highest BCUT2D eigenvalue weighted by atomic mass is 32.1. The Bertz CT molecular complexity index is 1100. The fourth-order valence-corrected chi connectivity index (χ4v) is 3.88. The van der Waals surface area contributed by atoms with Gasteiger partial charge in [-0.3, -0.25) is 4.79 Å². The number of carboxylic acid groups (broad SMARTS) is 1. The number of carbonyl (C=O) groups is 1. The molecule has 3 nitrogen and oxygen atoms in total. The van der Waals surface area contributed by atoms with Crippen molar-refractivity contribution in [1.29, 1.82) is 0 Å². The van der Waals surface area contributed by atoms with Crippen LogP contribution in [0.5, 0.6) is 0 Å². The SMILES string of the molecule is Cc1ccc(C(=O)O)c(C)c1.O=c1c2ccccc2sc2ccccc12.[C]. The van der Waals surface area contributed by atoms with E-state index in [0.717, 1.165) is 31.3 Å². The summed E-state index contributed by atoms with van der Waals surface area (Å²) < 4.78 is 2.11. The molecule has 0 amide bonds. The summed E-state index contributed by atoms with van der Waals surface area (Å²) in [5, 5.41) is 10.3. The van der Waals surface area contributed by atoms with Crippen LogP contribution in [0.1, 0.15) is 21.5 Å². The molecule has 134 valence electrons. The van der Waals surface area contributed by atoms with E-state index in [4.69, 9.17) is 5.11 Å². The third kappa shape index (κ3) is 4.41.